The molecule has 0 saturated carbocycles. The van der Waals surface area contributed by atoms with Crippen LogP contribution in [0.25, 0.3) is 10.9 Å². The van der Waals surface area contributed by atoms with Gasteiger partial charge in [-0.05, 0) is 19.1 Å². The van der Waals surface area contributed by atoms with Gasteiger partial charge in [-0.3, -0.25) is 9.78 Å². The van der Waals surface area contributed by atoms with E-state index in [4.69, 9.17) is 5.73 Å². The van der Waals surface area contributed by atoms with Crippen molar-refractivity contribution in [2.24, 2.45) is 0 Å². The van der Waals surface area contributed by atoms with Crippen LogP contribution in [-0.4, -0.2) is 42.0 Å². The smallest absolute Gasteiger partial charge is 0.254 e. The molecule has 1 aliphatic rings. The van der Waals surface area contributed by atoms with Gasteiger partial charge in [-0.25, -0.2) is 0 Å². The number of amides is 1. The molecule has 2 heterocycles. The van der Waals surface area contributed by atoms with Crippen LogP contribution >= 0.6 is 0 Å². The number of rotatable bonds is 1. The number of nitrogens with two attached hydrogens (primary N) is 1. The maximum absolute atomic E-state index is 12.7. The van der Waals surface area contributed by atoms with Crippen molar-refractivity contribution in [1.82, 2.24) is 15.2 Å². The van der Waals surface area contributed by atoms with Gasteiger partial charge in [0.1, 0.15) is 0 Å². The van der Waals surface area contributed by atoms with E-state index in [1.54, 1.807) is 0 Å². The van der Waals surface area contributed by atoms with Gasteiger partial charge in [0.25, 0.3) is 5.91 Å². The Hall–Kier alpha value is -2.14. The van der Waals surface area contributed by atoms with Gasteiger partial charge in [0, 0.05) is 37.3 Å². The Balaban J connectivity index is 2.10. The van der Waals surface area contributed by atoms with E-state index in [9.17, 15) is 4.79 Å². The summed E-state index contributed by atoms with van der Waals surface area (Å²) in [5, 5.41) is 4.09. The zero-order chi connectivity index (χ0) is 14.1. The fourth-order valence-corrected chi connectivity index (χ4v) is 2.61. The molecule has 1 amide bonds. The molecule has 3 N–H and O–H groups in total. The van der Waals surface area contributed by atoms with Gasteiger partial charge in [-0.1, -0.05) is 12.1 Å². The monoisotopic (exact) mass is 270 g/mol. The van der Waals surface area contributed by atoms with Crippen LogP contribution in [0.4, 0.5) is 5.69 Å². The van der Waals surface area contributed by atoms with E-state index in [1.165, 1.54) is 0 Å². The van der Waals surface area contributed by atoms with Crippen LogP contribution in [0.2, 0.25) is 0 Å². The molecule has 0 unspecified atom stereocenters. The van der Waals surface area contributed by atoms with Gasteiger partial charge in [0.15, 0.2) is 0 Å². The number of carbonyl (C=O) groups is 1. The summed E-state index contributed by atoms with van der Waals surface area (Å²) in [6.07, 6.45) is 0. The van der Waals surface area contributed by atoms with E-state index in [-0.39, 0.29) is 5.91 Å². The van der Waals surface area contributed by atoms with Crippen molar-refractivity contribution in [3.63, 3.8) is 0 Å². The normalized spacial score (nSPS) is 15.6. The van der Waals surface area contributed by atoms with Crippen LogP contribution in [0, 0.1) is 6.92 Å². The molecule has 0 radical (unpaired) electrons. The second-order valence-electron chi connectivity index (χ2n) is 5.10. The van der Waals surface area contributed by atoms with Gasteiger partial charge in [0.05, 0.1) is 16.8 Å². The van der Waals surface area contributed by atoms with E-state index >= 15 is 0 Å². The van der Waals surface area contributed by atoms with E-state index in [1.807, 2.05) is 36.1 Å². The minimum Gasteiger partial charge on any atom is -0.397 e. The summed E-state index contributed by atoms with van der Waals surface area (Å²) in [5.41, 5.74) is 8.81. The average molecular weight is 270 g/mol. The highest BCUT2D eigenvalue weighted by Gasteiger charge is 2.20. The molecule has 0 atom stereocenters. The fraction of sp³-hybridized carbons (Fsp3) is 0.333. The van der Waals surface area contributed by atoms with Crippen LogP contribution in [0.1, 0.15) is 16.1 Å². The van der Waals surface area contributed by atoms with E-state index in [0.717, 1.165) is 37.3 Å². The quantitative estimate of drug-likeness (QED) is 0.763. The molecule has 1 aromatic heterocycles. The maximum atomic E-state index is 12.7. The third kappa shape index (κ3) is 2.20. The third-order valence-corrected chi connectivity index (χ3v) is 3.63. The van der Waals surface area contributed by atoms with Crippen molar-refractivity contribution in [2.45, 2.75) is 6.92 Å². The van der Waals surface area contributed by atoms with Crippen molar-refractivity contribution >= 4 is 22.5 Å². The minimum atomic E-state index is 0.0626. The van der Waals surface area contributed by atoms with Crippen LogP contribution < -0.4 is 11.1 Å². The number of benzene rings is 1. The van der Waals surface area contributed by atoms with Gasteiger partial charge < -0.3 is 16.0 Å². The first-order chi connectivity index (χ1) is 9.66. The molecule has 104 valence electrons. The number of nitrogens with one attached hydrogen (secondary N) is 1. The molecular weight excluding hydrogens is 252 g/mol. The molecule has 3 rings (SSSR count). The van der Waals surface area contributed by atoms with Crippen LogP contribution in [0.15, 0.2) is 24.3 Å². The van der Waals surface area contributed by atoms with Crippen LogP contribution in [-0.2, 0) is 0 Å². The Kier molecular flexibility index (Phi) is 3.28. The lowest BCUT2D eigenvalue weighted by Gasteiger charge is -2.28. The highest BCUT2D eigenvalue weighted by Crippen LogP contribution is 2.24. The first-order valence-electron chi connectivity index (χ1n) is 6.82. The van der Waals surface area contributed by atoms with Crippen molar-refractivity contribution in [2.75, 3.05) is 31.9 Å². The Morgan fingerprint density at radius 1 is 1.35 bits per heavy atom. The second-order valence-corrected chi connectivity index (χ2v) is 5.10. The molecule has 20 heavy (non-hydrogen) atoms. The van der Waals surface area contributed by atoms with Gasteiger partial charge in [-0.2, -0.15) is 0 Å². The molecule has 1 aliphatic heterocycles. The molecule has 1 aromatic carbocycles. The summed E-state index contributed by atoms with van der Waals surface area (Å²) < 4.78 is 0. The van der Waals surface area contributed by atoms with Crippen molar-refractivity contribution in [1.29, 1.82) is 0 Å². The Morgan fingerprint density at radius 3 is 2.85 bits per heavy atom. The zero-order valence-electron chi connectivity index (χ0n) is 11.5. The summed E-state index contributed by atoms with van der Waals surface area (Å²) in [6.45, 7) is 5.06. The van der Waals surface area contributed by atoms with E-state index in [2.05, 4.69) is 10.3 Å². The summed E-state index contributed by atoms with van der Waals surface area (Å²) in [7, 11) is 0. The standard InChI is InChI=1S/C15H18N4O/c1-10-9-12(15(20)19-7-5-17-6-8-19)11-3-2-4-13(16)14(11)18-10/h2-4,9,17H,5-8,16H2,1H3. The van der Waals surface area contributed by atoms with Crippen molar-refractivity contribution in [3.8, 4) is 0 Å². The largest absolute Gasteiger partial charge is 0.397 e. The maximum Gasteiger partial charge on any atom is 0.254 e. The molecular formula is C15H18N4O. The molecule has 0 spiro atoms. The number of nitrogens with zero attached hydrogens (tertiary/aromatic N) is 2. The highest BCUT2D eigenvalue weighted by molar-refractivity contribution is 6.08. The first-order valence-corrected chi connectivity index (χ1v) is 6.82. The topological polar surface area (TPSA) is 71.2 Å². The molecule has 5 heteroatoms. The lowest BCUT2D eigenvalue weighted by atomic mass is 10.1. The number of fused-ring (bicyclic) bond motifs is 1. The minimum absolute atomic E-state index is 0.0626. The zero-order valence-corrected chi connectivity index (χ0v) is 11.5. The number of hydrogen-bond donors (Lipinski definition) is 2. The third-order valence-electron chi connectivity index (χ3n) is 3.63. The predicted octanol–water partition coefficient (Wildman–Crippen LogP) is 1.17. The summed E-state index contributed by atoms with van der Waals surface area (Å²) in [4.78, 5) is 19.0. The number of nitrogen functional groups attached to an aromatic ring is 1. The molecule has 1 saturated heterocycles. The van der Waals surface area contributed by atoms with Crippen molar-refractivity contribution in [3.05, 3.63) is 35.5 Å². The molecule has 1 fully saturated rings. The fourth-order valence-electron chi connectivity index (χ4n) is 2.61. The molecule has 0 aliphatic carbocycles. The number of piperazine rings is 1. The lowest BCUT2D eigenvalue weighted by molar-refractivity contribution is 0.0737. The summed E-state index contributed by atoms with van der Waals surface area (Å²) >= 11 is 0. The number of aromatic nitrogens is 1. The predicted molar refractivity (Wildman–Crippen MR) is 79.7 cm³/mol. The Bertz CT molecular complexity index is 662. The van der Waals surface area contributed by atoms with Gasteiger partial charge in [-0.15, -0.1) is 0 Å². The number of anilines is 1. The number of aryl methyl sites for hydroxylation is 1. The SMILES string of the molecule is Cc1cc(C(=O)N2CCNCC2)c2cccc(N)c2n1. The number of carbonyl (C=O) groups excluding carboxylic acids is 1. The van der Waals surface area contributed by atoms with E-state index in [0.29, 0.717) is 16.8 Å². The number of hydrogen-bond acceptors (Lipinski definition) is 4. The molecule has 5 nitrogen and oxygen atoms in total. The number of pyridine rings is 1. The van der Waals surface area contributed by atoms with E-state index < -0.39 is 0 Å². The Labute approximate surface area is 117 Å². The summed E-state index contributed by atoms with van der Waals surface area (Å²) in [6, 6.07) is 7.44. The summed E-state index contributed by atoms with van der Waals surface area (Å²) in [5.74, 6) is 0.0626. The number of para-hydroxylation sites is 1. The molecule has 0 bridgehead atoms. The second kappa shape index (κ2) is 5.09. The lowest BCUT2D eigenvalue weighted by Crippen LogP contribution is -2.46. The van der Waals surface area contributed by atoms with Crippen LogP contribution in [0.5, 0.6) is 0 Å². The molecule has 2 aromatic rings. The van der Waals surface area contributed by atoms with Crippen molar-refractivity contribution < 1.29 is 4.79 Å². The van der Waals surface area contributed by atoms with Gasteiger partial charge in [0.2, 0.25) is 0 Å². The highest BCUT2D eigenvalue weighted by atomic mass is 16.2. The Morgan fingerprint density at radius 2 is 2.10 bits per heavy atom. The van der Waals surface area contributed by atoms with Gasteiger partial charge >= 0.3 is 0 Å². The van der Waals surface area contributed by atoms with Crippen LogP contribution in [0.3, 0.4) is 0 Å². The average Bonchev–Trinajstić information content (AvgIpc) is 2.48. The first kappa shape index (κ1) is 12.9.